The van der Waals surface area contributed by atoms with E-state index in [4.69, 9.17) is 4.74 Å². The second-order valence-corrected chi connectivity index (χ2v) is 8.85. The average molecular weight is 502 g/mol. The van der Waals surface area contributed by atoms with Crippen LogP contribution in [0.1, 0.15) is 48.1 Å². The van der Waals surface area contributed by atoms with Gasteiger partial charge >= 0.3 is 0 Å². The number of carbonyl (C=O) groups excluding carboxylic acids is 2. The SMILES string of the molecule is CCCCOc1ccc(/C([O-])=C2\C(=O)C(=O)N(Cc3ccc[nH+]c3)C2c2cccc([N+](=O)[O-])c2)cc1C. The lowest BCUT2D eigenvalue weighted by Gasteiger charge is -2.27. The van der Waals surface area contributed by atoms with Crippen molar-refractivity contribution >= 4 is 23.1 Å². The highest BCUT2D eigenvalue weighted by Crippen LogP contribution is 2.40. The number of carbonyl (C=O) groups is 2. The van der Waals surface area contributed by atoms with Crippen molar-refractivity contribution in [1.29, 1.82) is 0 Å². The molecule has 2 aromatic carbocycles. The van der Waals surface area contributed by atoms with E-state index in [1.807, 2.05) is 0 Å². The lowest BCUT2D eigenvalue weighted by Crippen LogP contribution is -2.29. The molecule has 0 bridgehead atoms. The van der Waals surface area contributed by atoms with Crippen LogP contribution in [0.2, 0.25) is 0 Å². The van der Waals surface area contributed by atoms with Crippen LogP contribution in [0.5, 0.6) is 5.75 Å². The Morgan fingerprint density at radius 2 is 1.95 bits per heavy atom. The number of nitrogens with zero attached hydrogens (tertiary/aromatic N) is 2. The maximum absolute atomic E-state index is 13.7. The number of H-pyrrole nitrogens is 1. The summed E-state index contributed by atoms with van der Waals surface area (Å²) in [6.07, 6.45) is 5.27. The molecule has 1 aromatic heterocycles. The van der Waals surface area contributed by atoms with Gasteiger partial charge in [0.1, 0.15) is 5.75 Å². The van der Waals surface area contributed by atoms with Gasteiger partial charge in [0.05, 0.1) is 24.1 Å². The van der Waals surface area contributed by atoms with E-state index in [9.17, 15) is 24.8 Å². The quantitative estimate of drug-likeness (QED) is 0.111. The van der Waals surface area contributed by atoms with Crippen molar-refractivity contribution in [2.75, 3.05) is 6.61 Å². The van der Waals surface area contributed by atoms with E-state index in [-0.39, 0.29) is 23.4 Å². The second-order valence-electron chi connectivity index (χ2n) is 8.85. The van der Waals surface area contributed by atoms with E-state index in [0.29, 0.717) is 23.5 Å². The zero-order chi connectivity index (χ0) is 26.5. The maximum atomic E-state index is 13.7. The number of unbranched alkanes of at least 4 members (excludes halogenated alkanes) is 1. The van der Waals surface area contributed by atoms with Gasteiger partial charge in [-0.25, -0.2) is 4.98 Å². The van der Waals surface area contributed by atoms with E-state index in [1.54, 1.807) is 55.7 Å². The fourth-order valence-corrected chi connectivity index (χ4v) is 4.35. The van der Waals surface area contributed by atoms with Gasteiger partial charge in [-0.05, 0) is 48.2 Å². The highest BCUT2D eigenvalue weighted by Gasteiger charge is 2.44. The van der Waals surface area contributed by atoms with Gasteiger partial charge in [0.2, 0.25) is 5.78 Å². The summed E-state index contributed by atoms with van der Waals surface area (Å²) in [6, 6.07) is 13.0. The lowest BCUT2D eigenvalue weighted by molar-refractivity contribution is -0.385. The first-order valence-electron chi connectivity index (χ1n) is 12.0. The Hall–Kier alpha value is -4.53. The third kappa shape index (κ3) is 5.35. The van der Waals surface area contributed by atoms with Crippen LogP contribution in [0, 0.1) is 17.0 Å². The van der Waals surface area contributed by atoms with Crippen LogP contribution < -0.4 is 14.8 Å². The summed E-state index contributed by atoms with van der Waals surface area (Å²) in [5, 5.41) is 25.1. The minimum absolute atomic E-state index is 0.0370. The van der Waals surface area contributed by atoms with E-state index >= 15 is 0 Å². The number of aromatic amines is 1. The summed E-state index contributed by atoms with van der Waals surface area (Å²) < 4.78 is 5.77. The molecule has 1 amide bonds. The summed E-state index contributed by atoms with van der Waals surface area (Å²) in [5.74, 6) is -1.71. The largest absolute Gasteiger partial charge is 0.872 e. The fourth-order valence-electron chi connectivity index (χ4n) is 4.35. The minimum atomic E-state index is -1.08. The molecule has 9 nitrogen and oxygen atoms in total. The van der Waals surface area contributed by atoms with Crippen LogP contribution in [-0.4, -0.2) is 28.1 Å². The summed E-state index contributed by atoms with van der Waals surface area (Å²) in [6.45, 7) is 4.46. The van der Waals surface area contributed by atoms with Crippen LogP contribution in [0.15, 0.2) is 72.6 Å². The van der Waals surface area contributed by atoms with Crippen molar-refractivity contribution in [3.63, 3.8) is 0 Å². The summed E-state index contributed by atoms with van der Waals surface area (Å²) >= 11 is 0. The molecule has 0 radical (unpaired) electrons. The lowest BCUT2D eigenvalue weighted by atomic mass is 9.94. The monoisotopic (exact) mass is 501 g/mol. The molecule has 0 saturated carbocycles. The van der Waals surface area contributed by atoms with Gasteiger partial charge in [-0.15, -0.1) is 0 Å². The van der Waals surface area contributed by atoms with Crippen LogP contribution in [-0.2, 0) is 16.1 Å². The highest BCUT2D eigenvalue weighted by molar-refractivity contribution is 6.46. The number of pyridine rings is 1. The van der Waals surface area contributed by atoms with E-state index in [0.717, 1.165) is 18.4 Å². The molecule has 1 saturated heterocycles. The standard InChI is InChI=1S/C28H27N3O6/c1-3-4-13-37-23-11-10-21(14-18(23)2)26(32)24-25(20-8-5-9-22(15-20)31(35)36)30(28(34)27(24)33)17-19-7-6-12-29-16-19/h5-12,14-16,25,32H,3-4,13,17H2,1-2H3/b26-24+. The predicted molar refractivity (Wildman–Crippen MR) is 133 cm³/mol. The van der Waals surface area contributed by atoms with Gasteiger partial charge in [0.25, 0.3) is 11.6 Å². The van der Waals surface area contributed by atoms with Crippen LogP contribution >= 0.6 is 0 Å². The molecule has 0 spiro atoms. The molecule has 1 aliphatic heterocycles. The molecular weight excluding hydrogens is 474 g/mol. The van der Waals surface area contributed by atoms with Crippen molar-refractivity contribution in [1.82, 2.24) is 4.90 Å². The Balaban J connectivity index is 1.81. The zero-order valence-electron chi connectivity index (χ0n) is 20.6. The Morgan fingerprint density at radius 1 is 1.14 bits per heavy atom. The number of hydrogen-bond acceptors (Lipinski definition) is 6. The maximum Gasteiger partial charge on any atom is 0.295 e. The first kappa shape index (κ1) is 25.6. The molecule has 2 heterocycles. The van der Waals surface area contributed by atoms with E-state index in [2.05, 4.69) is 11.9 Å². The Labute approximate surface area is 214 Å². The number of Topliss-reactive ketones (excluding diaryl/α,β-unsaturated/α-hetero) is 1. The number of likely N-dealkylation sites (tertiary alicyclic amines) is 1. The Morgan fingerprint density at radius 3 is 2.62 bits per heavy atom. The minimum Gasteiger partial charge on any atom is -0.872 e. The molecule has 1 aliphatic rings. The number of hydrogen-bond donors (Lipinski definition) is 0. The number of nitro benzene ring substituents is 1. The van der Waals surface area contributed by atoms with Crippen LogP contribution in [0.4, 0.5) is 5.69 Å². The number of non-ortho nitro benzene ring substituents is 1. The number of benzene rings is 2. The Bertz CT molecular complexity index is 1370. The smallest absolute Gasteiger partial charge is 0.295 e. The summed E-state index contributed by atoms with van der Waals surface area (Å²) in [7, 11) is 0. The number of aromatic nitrogens is 1. The van der Waals surface area contributed by atoms with E-state index in [1.165, 1.54) is 23.1 Å². The highest BCUT2D eigenvalue weighted by atomic mass is 16.6. The average Bonchev–Trinajstić information content (AvgIpc) is 3.15. The van der Waals surface area contributed by atoms with Crippen molar-refractivity contribution in [2.24, 2.45) is 0 Å². The third-order valence-corrected chi connectivity index (χ3v) is 6.24. The topological polar surface area (TPSA) is 127 Å². The molecule has 4 rings (SSSR count). The summed E-state index contributed by atoms with van der Waals surface area (Å²) in [4.78, 5) is 41.5. The first-order valence-corrected chi connectivity index (χ1v) is 12.0. The van der Waals surface area contributed by atoms with Gasteiger partial charge < -0.3 is 14.7 Å². The molecule has 1 unspecified atom stereocenters. The molecule has 1 N–H and O–H groups in total. The van der Waals surface area contributed by atoms with Gasteiger partial charge in [-0.3, -0.25) is 19.7 Å². The molecule has 0 aliphatic carbocycles. The number of amides is 1. The number of ether oxygens (including phenoxy) is 1. The molecule has 9 heteroatoms. The number of ketones is 1. The van der Waals surface area contributed by atoms with Gasteiger partial charge in [0.15, 0.2) is 12.4 Å². The first-order chi connectivity index (χ1) is 17.8. The second kappa shape index (κ2) is 11.0. The van der Waals surface area contributed by atoms with E-state index < -0.39 is 28.4 Å². The van der Waals surface area contributed by atoms with Gasteiger partial charge in [-0.2, -0.15) is 0 Å². The van der Waals surface area contributed by atoms with Crippen molar-refractivity contribution < 1.29 is 29.3 Å². The third-order valence-electron chi connectivity index (χ3n) is 6.24. The van der Waals surface area contributed by atoms with Crippen molar-refractivity contribution in [2.45, 2.75) is 39.3 Å². The number of rotatable bonds is 9. The Kier molecular flexibility index (Phi) is 7.62. The molecule has 1 fully saturated rings. The number of aryl methyl sites for hydroxylation is 1. The molecule has 190 valence electrons. The predicted octanol–water partition coefficient (Wildman–Crippen LogP) is 3.32. The normalized spacial score (nSPS) is 16.7. The summed E-state index contributed by atoms with van der Waals surface area (Å²) in [5.41, 5.74) is 1.55. The van der Waals surface area contributed by atoms with Crippen LogP contribution in [0.25, 0.3) is 5.76 Å². The molecule has 37 heavy (non-hydrogen) atoms. The fraction of sp³-hybridized carbons (Fsp3) is 0.250. The molecule has 1 atom stereocenters. The van der Waals surface area contributed by atoms with Crippen molar-refractivity contribution in [3.05, 3.63) is 105 Å². The van der Waals surface area contributed by atoms with Crippen LogP contribution in [0.3, 0.4) is 0 Å². The van der Waals surface area contributed by atoms with Crippen molar-refractivity contribution in [3.8, 4) is 5.75 Å². The zero-order valence-corrected chi connectivity index (χ0v) is 20.6. The van der Waals surface area contributed by atoms with Gasteiger partial charge in [-0.1, -0.05) is 37.3 Å². The van der Waals surface area contributed by atoms with Gasteiger partial charge in [0, 0.05) is 29.3 Å². The molecule has 3 aromatic rings. The number of nitrogens with one attached hydrogen (secondary N) is 1. The number of nitro groups is 1. The molecular formula is C28H27N3O6.